The zero-order chi connectivity index (χ0) is 18.4. The van der Waals surface area contributed by atoms with Gasteiger partial charge in [-0.05, 0) is 46.3 Å². The van der Waals surface area contributed by atoms with Gasteiger partial charge < -0.3 is 20.1 Å². The lowest BCUT2D eigenvalue weighted by Crippen LogP contribution is -2.42. The normalized spacial score (nSPS) is 10.9. The van der Waals surface area contributed by atoms with E-state index < -0.39 is 0 Å². The van der Waals surface area contributed by atoms with Crippen LogP contribution in [0.1, 0.15) is 5.69 Å². The van der Waals surface area contributed by atoms with Gasteiger partial charge in [0.05, 0.1) is 13.1 Å². The Morgan fingerprint density at radius 1 is 1.35 bits per heavy atom. The SMILES string of the molecule is CN=C(NCC(=O)Nc1ccc(F)cc1)N(C)Cc1cc(Br)cn1C.I. The van der Waals surface area contributed by atoms with E-state index in [4.69, 9.17) is 0 Å². The van der Waals surface area contributed by atoms with Gasteiger partial charge in [-0.3, -0.25) is 9.79 Å². The zero-order valence-corrected chi connectivity index (χ0v) is 18.7. The van der Waals surface area contributed by atoms with Crippen molar-refractivity contribution in [1.29, 1.82) is 0 Å². The Bertz CT molecular complexity index is 763. The molecule has 9 heteroatoms. The van der Waals surface area contributed by atoms with Gasteiger partial charge in [0, 0.05) is 43.2 Å². The molecule has 2 N–H and O–H groups in total. The molecule has 0 spiro atoms. The number of nitrogens with zero attached hydrogens (tertiary/aromatic N) is 3. The molecule has 0 fully saturated rings. The molecule has 26 heavy (non-hydrogen) atoms. The fourth-order valence-corrected chi connectivity index (χ4v) is 2.90. The van der Waals surface area contributed by atoms with Gasteiger partial charge in [0.15, 0.2) is 5.96 Å². The summed E-state index contributed by atoms with van der Waals surface area (Å²) in [6.45, 7) is 0.701. The molecule has 0 saturated carbocycles. The third kappa shape index (κ3) is 6.60. The smallest absolute Gasteiger partial charge is 0.243 e. The first kappa shape index (κ1) is 22.4. The summed E-state index contributed by atoms with van der Waals surface area (Å²) < 4.78 is 15.9. The monoisotopic (exact) mass is 537 g/mol. The highest BCUT2D eigenvalue weighted by molar-refractivity contribution is 14.0. The van der Waals surface area contributed by atoms with E-state index in [2.05, 4.69) is 31.6 Å². The highest BCUT2D eigenvalue weighted by Crippen LogP contribution is 2.15. The number of guanidine groups is 1. The van der Waals surface area contributed by atoms with Crippen LogP contribution in [0.2, 0.25) is 0 Å². The number of aryl methyl sites for hydroxylation is 1. The Hall–Kier alpha value is -1.62. The predicted molar refractivity (Wildman–Crippen MR) is 116 cm³/mol. The number of rotatable bonds is 5. The second-order valence-electron chi connectivity index (χ2n) is 5.57. The van der Waals surface area contributed by atoms with Gasteiger partial charge in [0.25, 0.3) is 0 Å². The molecule has 0 aliphatic rings. The summed E-state index contributed by atoms with van der Waals surface area (Å²) in [5.41, 5.74) is 1.65. The minimum atomic E-state index is -0.342. The Balaban J connectivity index is 0.00000338. The Morgan fingerprint density at radius 2 is 2.00 bits per heavy atom. The molecule has 0 bridgehead atoms. The summed E-state index contributed by atoms with van der Waals surface area (Å²) >= 11 is 3.45. The molecular weight excluding hydrogens is 516 g/mol. The van der Waals surface area contributed by atoms with Gasteiger partial charge in [-0.1, -0.05) is 0 Å². The molecular formula is C17H22BrFIN5O. The number of anilines is 1. The van der Waals surface area contributed by atoms with Crippen LogP contribution in [-0.2, 0) is 18.4 Å². The lowest BCUT2D eigenvalue weighted by molar-refractivity contribution is -0.115. The maximum absolute atomic E-state index is 12.9. The van der Waals surface area contributed by atoms with Gasteiger partial charge in [-0.25, -0.2) is 4.39 Å². The van der Waals surface area contributed by atoms with E-state index in [1.165, 1.54) is 24.3 Å². The van der Waals surface area contributed by atoms with Crippen molar-refractivity contribution >= 4 is 57.5 Å². The number of carbonyl (C=O) groups excluding carboxylic acids is 1. The van der Waals surface area contributed by atoms with Crippen LogP contribution >= 0.6 is 39.9 Å². The minimum absolute atomic E-state index is 0. The highest BCUT2D eigenvalue weighted by atomic mass is 127. The van der Waals surface area contributed by atoms with Crippen LogP contribution in [0.25, 0.3) is 0 Å². The summed E-state index contributed by atoms with van der Waals surface area (Å²) in [7, 11) is 5.53. The average molecular weight is 538 g/mol. The summed E-state index contributed by atoms with van der Waals surface area (Å²) in [6, 6.07) is 7.66. The summed E-state index contributed by atoms with van der Waals surface area (Å²) in [4.78, 5) is 18.1. The molecule has 0 saturated heterocycles. The number of carbonyl (C=O) groups is 1. The van der Waals surface area contributed by atoms with Crippen LogP contribution in [0.4, 0.5) is 10.1 Å². The topological polar surface area (TPSA) is 61.7 Å². The number of nitrogens with one attached hydrogen (secondary N) is 2. The number of aliphatic imine (C=N–C) groups is 1. The fourth-order valence-electron chi connectivity index (χ4n) is 2.32. The Kier molecular flexibility index (Phi) is 9.06. The molecule has 2 rings (SSSR count). The number of aromatic nitrogens is 1. The Morgan fingerprint density at radius 3 is 2.54 bits per heavy atom. The lowest BCUT2D eigenvalue weighted by Gasteiger charge is -2.22. The van der Waals surface area contributed by atoms with E-state index in [9.17, 15) is 9.18 Å². The van der Waals surface area contributed by atoms with Crippen molar-refractivity contribution in [3.63, 3.8) is 0 Å². The number of halogens is 3. The molecule has 1 aromatic heterocycles. The lowest BCUT2D eigenvalue weighted by atomic mass is 10.3. The van der Waals surface area contributed by atoms with Crippen LogP contribution < -0.4 is 10.6 Å². The van der Waals surface area contributed by atoms with Crippen molar-refractivity contribution in [3.8, 4) is 0 Å². The molecule has 0 radical (unpaired) electrons. The summed E-state index contributed by atoms with van der Waals surface area (Å²) in [5.74, 6) is 0.0276. The third-order valence-electron chi connectivity index (χ3n) is 3.58. The second-order valence-corrected chi connectivity index (χ2v) is 6.49. The van der Waals surface area contributed by atoms with E-state index in [0.717, 1.165) is 10.2 Å². The average Bonchev–Trinajstić information content (AvgIpc) is 2.87. The van der Waals surface area contributed by atoms with Crippen molar-refractivity contribution < 1.29 is 9.18 Å². The zero-order valence-electron chi connectivity index (χ0n) is 14.8. The van der Waals surface area contributed by atoms with Crippen molar-refractivity contribution in [2.75, 3.05) is 26.0 Å². The molecule has 0 aliphatic heterocycles. The third-order valence-corrected chi connectivity index (χ3v) is 4.02. The second kappa shape index (κ2) is 10.5. The quantitative estimate of drug-likeness (QED) is 0.350. The standard InChI is InChI=1S/C17H21BrFN5O.HI/c1-20-17(24(3)11-15-8-12(18)10-23(15)2)21-9-16(25)22-14-6-4-13(19)5-7-14;/h4-8,10H,9,11H2,1-3H3,(H,20,21)(H,22,25);1H. The molecule has 1 amide bonds. The molecule has 6 nitrogen and oxygen atoms in total. The molecule has 1 aromatic carbocycles. The van der Waals surface area contributed by atoms with Gasteiger partial charge >= 0.3 is 0 Å². The van der Waals surface area contributed by atoms with Crippen LogP contribution in [0.3, 0.4) is 0 Å². The number of amides is 1. The van der Waals surface area contributed by atoms with Gasteiger partial charge in [0.1, 0.15) is 5.82 Å². The summed E-state index contributed by atoms with van der Waals surface area (Å²) in [6.07, 6.45) is 1.98. The largest absolute Gasteiger partial charge is 0.352 e. The minimum Gasteiger partial charge on any atom is -0.352 e. The van der Waals surface area contributed by atoms with E-state index in [1.807, 2.05) is 35.8 Å². The molecule has 0 atom stereocenters. The van der Waals surface area contributed by atoms with Crippen LogP contribution in [0, 0.1) is 5.82 Å². The van der Waals surface area contributed by atoms with Gasteiger partial charge in [-0.2, -0.15) is 0 Å². The van der Waals surface area contributed by atoms with Crippen molar-refractivity contribution in [1.82, 2.24) is 14.8 Å². The van der Waals surface area contributed by atoms with E-state index in [0.29, 0.717) is 18.2 Å². The molecule has 2 aromatic rings. The summed E-state index contributed by atoms with van der Waals surface area (Å²) in [5, 5.41) is 5.71. The molecule has 0 unspecified atom stereocenters. The van der Waals surface area contributed by atoms with Crippen molar-refractivity contribution in [2.45, 2.75) is 6.54 Å². The molecule has 0 aliphatic carbocycles. The van der Waals surface area contributed by atoms with Crippen molar-refractivity contribution in [3.05, 3.63) is 52.5 Å². The van der Waals surface area contributed by atoms with E-state index in [1.54, 1.807) is 7.05 Å². The Labute approximate surface area is 178 Å². The maximum atomic E-state index is 12.9. The maximum Gasteiger partial charge on any atom is 0.243 e. The van der Waals surface area contributed by atoms with Gasteiger partial charge in [-0.15, -0.1) is 24.0 Å². The first-order chi connectivity index (χ1) is 11.9. The van der Waals surface area contributed by atoms with Crippen LogP contribution in [-0.4, -0.2) is 42.0 Å². The number of hydrogen-bond donors (Lipinski definition) is 2. The first-order valence-corrected chi connectivity index (χ1v) is 8.46. The fraction of sp³-hybridized carbons (Fsp3) is 0.294. The number of benzene rings is 1. The van der Waals surface area contributed by atoms with Crippen molar-refractivity contribution in [2.24, 2.45) is 12.0 Å². The molecule has 142 valence electrons. The molecule has 1 heterocycles. The van der Waals surface area contributed by atoms with Gasteiger partial charge in [0.2, 0.25) is 5.91 Å². The highest BCUT2D eigenvalue weighted by Gasteiger charge is 2.11. The first-order valence-electron chi connectivity index (χ1n) is 7.67. The van der Waals surface area contributed by atoms with E-state index in [-0.39, 0.29) is 42.2 Å². The van der Waals surface area contributed by atoms with Crippen LogP contribution in [0.5, 0.6) is 0 Å². The van der Waals surface area contributed by atoms with Crippen LogP contribution in [0.15, 0.2) is 46.0 Å². The number of hydrogen-bond acceptors (Lipinski definition) is 2. The predicted octanol–water partition coefficient (Wildman–Crippen LogP) is 3.19. The van der Waals surface area contributed by atoms with E-state index >= 15 is 0 Å².